The molecule has 0 bridgehead atoms. The Labute approximate surface area is 70.7 Å². The van der Waals surface area contributed by atoms with Crippen LogP contribution in [0.5, 0.6) is 5.75 Å². The number of nitrogens with two attached hydrogens (primary N) is 1. The van der Waals surface area contributed by atoms with E-state index in [2.05, 4.69) is 4.98 Å². The van der Waals surface area contributed by atoms with E-state index in [1.807, 2.05) is 0 Å². The van der Waals surface area contributed by atoms with Crippen LogP contribution in [-0.4, -0.2) is 21.3 Å². The summed E-state index contributed by atoms with van der Waals surface area (Å²) >= 11 is 0. The molecule has 1 rings (SSSR count). The summed E-state index contributed by atoms with van der Waals surface area (Å²) in [6.45, 7) is 1.57. The monoisotopic (exact) mass is 168 g/mol. The lowest BCUT2D eigenvalue weighted by Crippen LogP contribution is -2.23. The number of hydrogen-bond acceptors (Lipinski definition) is 4. The summed E-state index contributed by atoms with van der Waals surface area (Å²) < 4.78 is 0. The van der Waals surface area contributed by atoms with Gasteiger partial charge in [0, 0.05) is 11.8 Å². The maximum absolute atomic E-state index is 9.28. The van der Waals surface area contributed by atoms with Crippen LogP contribution in [0.1, 0.15) is 18.5 Å². The van der Waals surface area contributed by atoms with Crippen molar-refractivity contribution in [1.29, 1.82) is 0 Å². The van der Waals surface area contributed by atoms with Gasteiger partial charge in [0.1, 0.15) is 5.75 Å². The zero-order valence-corrected chi connectivity index (χ0v) is 6.81. The fourth-order valence-electron chi connectivity index (χ4n) is 0.939. The fraction of sp³-hybridized carbons (Fsp3) is 0.375. The van der Waals surface area contributed by atoms with Gasteiger partial charge < -0.3 is 15.9 Å². The van der Waals surface area contributed by atoms with Crippen LogP contribution in [0.2, 0.25) is 0 Å². The van der Waals surface area contributed by atoms with Crippen molar-refractivity contribution in [2.75, 3.05) is 0 Å². The van der Waals surface area contributed by atoms with Crippen LogP contribution in [0, 0.1) is 0 Å². The average molecular weight is 168 g/mol. The molecule has 0 spiro atoms. The Bertz CT molecular complexity index is 263. The van der Waals surface area contributed by atoms with E-state index in [-0.39, 0.29) is 5.75 Å². The van der Waals surface area contributed by atoms with E-state index in [1.54, 1.807) is 13.0 Å². The molecule has 12 heavy (non-hydrogen) atoms. The molecule has 4 nitrogen and oxygen atoms in total. The van der Waals surface area contributed by atoms with Gasteiger partial charge in [0.15, 0.2) is 0 Å². The minimum Gasteiger partial charge on any atom is -0.506 e. The highest BCUT2D eigenvalue weighted by molar-refractivity contribution is 5.31. The van der Waals surface area contributed by atoms with Crippen molar-refractivity contribution < 1.29 is 10.2 Å². The van der Waals surface area contributed by atoms with Crippen LogP contribution in [0.15, 0.2) is 18.5 Å². The summed E-state index contributed by atoms with van der Waals surface area (Å²) in [7, 11) is 0. The molecule has 0 aliphatic heterocycles. The molecular formula is C8H12N2O2. The SMILES string of the molecule is C[C@H](O)[C@H](N)c1ccncc1O. The minimum atomic E-state index is -0.682. The zero-order valence-electron chi connectivity index (χ0n) is 6.81. The van der Waals surface area contributed by atoms with Crippen molar-refractivity contribution in [2.45, 2.75) is 19.1 Å². The van der Waals surface area contributed by atoms with Gasteiger partial charge in [-0.2, -0.15) is 0 Å². The number of hydrogen-bond donors (Lipinski definition) is 3. The largest absolute Gasteiger partial charge is 0.506 e. The Morgan fingerprint density at radius 1 is 1.58 bits per heavy atom. The van der Waals surface area contributed by atoms with E-state index in [1.165, 1.54) is 12.4 Å². The molecule has 4 heteroatoms. The van der Waals surface area contributed by atoms with Gasteiger partial charge in [-0.15, -0.1) is 0 Å². The van der Waals surface area contributed by atoms with Crippen LogP contribution in [0.25, 0.3) is 0 Å². The summed E-state index contributed by atoms with van der Waals surface area (Å²) in [5.41, 5.74) is 6.11. The van der Waals surface area contributed by atoms with Crippen LogP contribution in [-0.2, 0) is 0 Å². The molecule has 4 N–H and O–H groups in total. The predicted octanol–water partition coefficient (Wildman–Crippen LogP) is 0.168. The van der Waals surface area contributed by atoms with E-state index in [9.17, 15) is 5.11 Å². The molecule has 0 aliphatic carbocycles. The van der Waals surface area contributed by atoms with E-state index < -0.39 is 12.1 Å². The number of aromatic hydroxyl groups is 1. The Morgan fingerprint density at radius 2 is 2.25 bits per heavy atom. The number of rotatable bonds is 2. The zero-order chi connectivity index (χ0) is 9.14. The lowest BCUT2D eigenvalue weighted by atomic mass is 10.0. The molecule has 1 aromatic heterocycles. The maximum Gasteiger partial charge on any atom is 0.138 e. The molecular weight excluding hydrogens is 156 g/mol. The van der Waals surface area contributed by atoms with E-state index in [0.717, 1.165) is 0 Å². The van der Waals surface area contributed by atoms with Crippen LogP contribution in [0.3, 0.4) is 0 Å². The molecule has 0 fully saturated rings. The smallest absolute Gasteiger partial charge is 0.138 e. The Kier molecular flexibility index (Phi) is 2.62. The molecule has 2 atom stereocenters. The van der Waals surface area contributed by atoms with Gasteiger partial charge >= 0.3 is 0 Å². The minimum absolute atomic E-state index is 0.0194. The van der Waals surface area contributed by atoms with Gasteiger partial charge in [-0.25, -0.2) is 0 Å². The molecule has 0 aromatic carbocycles. The van der Waals surface area contributed by atoms with Gasteiger partial charge in [-0.3, -0.25) is 4.98 Å². The van der Waals surface area contributed by atoms with Crippen molar-refractivity contribution in [3.63, 3.8) is 0 Å². The fourth-order valence-corrected chi connectivity index (χ4v) is 0.939. The Hall–Kier alpha value is -1.13. The topological polar surface area (TPSA) is 79.4 Å². The second-order valence-corrected chi connectivity index (χ2v) is 2.70. The Morgan fingerprint density at radius 3 is 2.75 bits per heavy atom. The molecule has 1 aromatic rings. The second-order valence-electron chi connectivity index (χ2n) is 2.70. The lowest BCUT2D eigenvalue weighted by Gasteiger charge is -2.15. The van der Waals surface area contributed by atoms with Gasteiger partial charge in [-0.1, -0.05) is 0 Å². The van der Waals surface area contributed by atoms with E-state index in [4.69, 9.17) is 10.8 Å². The van der Waals surface area contributed by atoms with Crippen molar-refractivity contribution in [3.05, 3.63) is 24.0 Å². The molecule has 66 valence electrons. The normalized spacial score (nSPS) is 15.6. The number of aromatic nitrogens is 1. The van der Waals surface area contributed by atoms with Crippen LogP contribution < -0.4 is 5.73 Å². The second kappa shape index (κ2) is 3.51. The van der Waals surface area contributed by atoms with Gasteiger partial charge in [0.05, 0.1) is 18.3 Å². The molecule has 1 heterocycles. The number of pyridine rings is 1. The first-order valence-corrected chi connectivity index (χ1v) is 3.69. The number of aliphatic hydroxyl groups excluding tert-OH is 1. The summed E-state index contributed by atoms with van der Waals surface area (Å²) in [5, 5.41) is 18.4. The van der Waals surface area contributed by atoms with Crippen molar-refractivity contribution >= 4 is 0 Å². The summed E-state index contributed by atoms with van der Waals surface area (Å²) in [6, 6.07) is 1.03. The molecule has 0 aliphatic rings. The highest BCUT2D eigenvalue weighted by Gasteiger charge is 2.14. The highest BCUT2D eigenvalue weighted by Crippen LogP contribution is 2.22. The first-order chi connectivity index (χ1) is 5.63. The molecule has 0 saturated carbocycles. The molecule has 0 amide bonds. The highest BCUT2D eigenvalue weighted by atomic mass is 16.3. The lowest BCUT2D eigenvalue weighted by molar-refractivity contribution is 0.163. The summed E-state index contributed by atoms with van der Waals surface area (Å²) in [6.07, 6.45) is 2.15. The first kappa shape index (κ1) is 8.96. The van der Waals surface area contributed by atoms with E-state index >= 15 is 0 Å². The van der Waals surface area contributed by atoms with Crippen LogP contribution >= 0.6 is 0 Å². The van der Waals surface area contributed by atoms with Crippen LogP contribution in [0.4, 0.5) is 0 Å². The standard InChI is InChI=1S/C8H12N2O2/c1-5(11)8(9)6-2-3-10-4-7(6)12/h2-5,8,11-12H,9H2,1H3/t5-,8-/m0/s1. The van der Waals surface area contributed by atoms with Crippen molar-refractivity contribution in [3.8, 4) is 5.75 Å². The average Bonchev–Trinajstić information content (AvgIpc) is 2.04. The first-order valence-electron chi connectivity index (χ1n) is 3.69. The van der Waals surface area contributed by atoms with Gasteiger partial charge in [-0.05, 0) is 13.0 Å². The molecule has 0 saturated heterocycles. The third kappa shape index (κ3) is 1.72. The quantitative estimate of drug-likeness (QED) is 0.588. The third-order valence-electron chi connectivity index (χ3n) is 1.71. The van der Waals surface area contributed by atoms with Gasteiger partial charge in [0.2, 0.25) is 0 Å². The van der Waals surface area contributed by atoms with Crippen molar-refractivity contribution in [1.82, 2.24) is 4.98 Å². The predicted molar refractivity (Wildman–Crippen MR) is 44.5 cm³/mol. The van der Waals surface area contributed by atoms with Crippen molar-refractivity contribution in [2.24, 2.45) is 5.73 Å². The summed E-state index contributed by atoms with van der Waals surface area (Å²) in [4.78, 5) is 3.70. The maximum atomic E-state index is 9.28. The number of aliphatic hydroxyl groups is 1. The molecule has 0 unspecified atom stereocenters. The number of nitrogens with zero attached hydrogens (tertiary/aromatic N) is 1. The summed E-state index contributed by atoms with van der Waals surface area (Å²) in [5.74, 6) is 0.0194. The third-order valence-corrected chi connectivity index (χ3v) is 1.71. The molecule has 0 radical (unpaired) electrons. The van der Waals surface area contributed by atoms with E-state index in [0.29, 0.717) is 5.56 Å². The Balaban J connectivity index is 2.94. The van der Waals surface area contributed by atoms with Gasteiger partial charge in [0.25, 0.3) is 0 Å².